The summed E-state index contributed by atoms with van der Waals surface area (Å²) in [6.07, 6.45) is 0. The van der Waals surface area contributed by atoms with Crippen molar-refractivity contribution in [1.82, 2.24) is 4.90 Å². The smallest absolute Gasteiger partial charge is 0.0331 e. The van der Waals surface area contributed by atoms with Crippen molar-refractivity contribution < 1.29 is 0 Å². The lowest BCUT2D eigenvalue weighted by molar-refractivity contribution is 0.321. The topological polar surface area (TPSA) is 3.24 Å². The molecule has 17 heavy (non-hydrogen) atoms. The van der Waals surface area contributed by atoms with Gasteiger partial charge in [0.25, 0.3) is 0 Å². The molecule has 0 N–H and O–H groups in total. The minimum absolute atomic E-state index is 1.01. The van der Waals surface area contributed by atoms with Gasteiger partial charge in [0.05, 0.1) is 0 Å². The number of thiophene rings is 1. The molecule has 2 aromatic rings. The van der Waals surface area contributed by atoms with Gasteiger partial charge < -0.3 is 0 Å². The van der Waals surface area contributed by atoms with Crippen LogP contribution in [0.5, 0.6) is 0 Å². The van der Waals surface area contributed by atoms with Gasteiger partial charge in [0, 0.05) is 18.0 Å². The zero-order chi connectivity index (χ0) is 12.3. The van der Waals surface area contributed by atoms with Crippen LogP contribution in [0.3, 0.4) is 0 Å². The highest BCUT2D eigenvalue weighted by Gasteiger charge is 2.05. The first-order valence-electron chi connectivity index (χ1n) is 5.92. The van der Waals surface area contributed by atoms with Crippen LogP contribution < -0.4 is 0 Å². The molecule has 0 unspecified atom stereocenters. The van der Waals surface area contributed by atoms with Gasteiger partial charge in [0.2, 0.25) is 0 Å². The quantitative estimate of drug-likeness (QED) is 0.787. The second-order valence-corrected chi connectivity index (χ2v) is 5.69. The molecule has 0 aliphatic heterocycles. The van der Waals surface area contributed by atoms with E-state index in [0.29, 0.717) is 0 Å². The van der Waals surface area contributed by atoms with Crippen LogP contribution in [0.25, 0.3) is 0 Å². The average Bonchev–Trinajstić information content (AvgIpc) is 2.64. The first kappa shape index (κ1) is 12.3. The zero-order valence-corrected chi connectivity index (χ0v) is 11.6. The van der Waals surface area contributed by atoms with Crippen molar-refractivity contribution in [2.45, 2.75) is 26.9 Å². The van der Waals surface area contributed by atoms with E-state index in [1.54, 1.807) is 0 Å². The molecule has 0 aliphatic carbocycles. The lowest BCUT2D eigenvalue weighted by atomic mass is 10.1. The van der Waals surface area contributed by atoms with Crippen LogP contribution >= 0.6 is 11.3 Å². The Labute approximate surface area is 108 Å². The Morgan fingerprint density at radius 1 is 1.12 bits per heavy atom. The zero-order valence-electron chi connectivity index (χ0n) is 10.7. The van der Waals surface area contributed by atoms with Gasteiger partial charge in [-0.15, -0.1) is 11.3 Å². The third-order valence-electron chi connectivity index (χ3n) is 2.92. The summed E-state index contributed by atoms with van der Waals surface area (Å²) in [5, 5.41) is 2.17. The van der Waals surface area contributed by atoms with Crippen LogP contribution in [0.2, 0.25) is 0 Å². The van der Waals surface area contributed by atoms with Crippen LogP contribution in [0, 0.1) is 13.8 Å². The van der Waals surface area contributed by atoms with Crippen LogP contribution in [0.4, 0.5) is 0 Å². The molecular weight excluding hydrogens is 226 g/mol. The van der Waals surface area contributed by atoms with Gasteiger partial charge >= 0.3 is 0 Å². The Balaban J connectivity index is 1.98. The first-order valence-corrected chi connectivity index (χ1v) is 6.80. The van der Waals surface area contributed by atoms with Gasteiger partial charge in [0.1, 0.15) is 0 Å². The molecule has 1 aromatic heterocycles. The number of aryl methyl sites for hydroxylation is 2. The molecule has 0 spiro atoms. The van der Waals surface area contributed by atoms with Gasteiger partial charge in [-0.3, -0.25) is 4.90 Å². The molecule has 1 heterocycles. The average molecular weight is 245 g/mol. The highest BCUT2D eigenvalue weighted by molar-refractivity contribution is 7.10. The summed E-state index contributed by atoms with van der Waals surface area (Å²) in [5.41, 5.74) is 4.14. The van der Waals surface area contributed by atoms with E-state index in [1.807, 2.05) is 11.3 Å². The van der Waals surface area contributed by atoms with Crippen molar-refractivity contribution in [1.29, 1.82) is 0 Å². The molecule has 1 aromatic carbocycles. The summed E-state index contributed by atoms with van der Waals surface area (Å²) in [4.78, 5) is 3.84. The van der Waals surface area contributed by atoms with Crippen LogP contribution in [0.1, 0.15) is 21.6 Å². The highest BCUT2D eigenvalue weighted by Crippen LogP contribution is 2.18. The summed E-state index contributed by atoms with van der Waals surface area (Å²) in [6.45, 7) is 6.38. The second-order valence-electron chi connectivity index (χ2n) is 4.69. The normalized spacial score (nSPS) is 11.1. The Kier molecular flexibility index (Phi) is 3.97. The van der Waals surface area contributed by atoms with Gasteiger partial charge in [-0.1, -0.05) is 29.8 Å². The minimum Gasteiger partial charge on any atom is -0.297 e. The molecule has 2 rings (SSSR count). The molecule has 0 bridgehead atoms. The number of benzene rings is 1. The third-order valence-corrected chi connectivity index (χ3v) is 3.92. The van der Waals surface area contributed by atoms with E-state index in [0.717, 1.165) is 13.1 Å². The maximum atomic E-state index is 2.37. The standard InChI is InChI=1S/C15H19NS/c1-12-5-4-6-14(9-12)10-16(3)11-15-13(2)7-8-17-15/h4-9H,10-11H2,1-3H3. The van der Waals surface area contributed by atoms with Gasteiger partial charge in [-0.2, -0.15) is 0 Å². The second kappa shape index (κ2) is 5.48. The molecule has 1 nitrogen and oxygen atoms in total. The minimum atomic E-state index is 1.01. The Morgan fingerprint density at radius 3 is 2.59 bits per heavy atom. The SMILES string of the molecule is Cc1cccc(CN(C)Cc2sccc2C)c1. The van der Waals surface area contributed by atoms with E-state index < -0.39 is 0 Å². The van der Waals surface area contributed by atoms with E-state index in [9.17, 15) is 0 Å². The van der Waals surface area contributed by atoms with Gasteiger partial charge in [0.15, 0.2) is 0 Å². The highest BCUT2D eigenvalue weighted by atomic mass is 32.1. The first-order chi connectivity index (χ1) is 8.15. The fourth-order valence-corrected chi connectivity index (χ4v) is 2.97. The summed E-state index contributed by atoms with van der Waals surface area (Å²) in [5.74, 6) is 0. The Bertz CT molecular complexity index is 487. The van der Waals surface area contributed by atoms with E-state index in [4.69, 9.17) is 0 Å². The van der Waals surface area contributed by atoms with Crippen molar-refractivity contribution in [3.8, 4) is 0 Å². The van der Waals surface area contributed by atoms with E-state index in [1.165, 1.54) is 21.6 Å². The van der Waals surface area contributed by atoms with Crippen molar-refractivity contribution in [2.75, 3.05) is 7.05 Å². The number of hydrogen-bond acceptors (Lipinski definition) is 2. The molecule has 0 radical (unpaired) electrons. The van der Waals surface area contributed by atoms with Crippen molar-refractivity contribution >= 4 is 11.3 Å². The van der Waals surface area contributed by atoms with Crippen LogP contribution in [-0.2, 0) is 13.1 Å². The van der Waals surface area contributed by atoms with Gasteiger partial charge in [-0.05, 0) is 43.5 Å². The van der Waals surface area contributed by atoms with Gasteiger partial charge in [-0.25, -0.2) is 0 Å². The molecule has 0 saturated heterocycles. The van der Waals surface area contributed by atoms with E-state index in [-0.39, 0.29) is 0 Å². The largest absolute Gasteiger partial charge is 0.297 e. The van der Waals surface area contributed by atoms with Crippen LogP contribution in [-0.4, -0.2) is 11.9 Å². The lowest BCUT2D eigenvalue weighted by Gasteiger charge is -2.16. The molecule has 0 amide bonds. The fraction of sp³-hybridized carbons (Fsp3) is 0.333. The summed E-state index contributed by atoms with van der Waals surface area (Å²) in [6, 6.07) is 10.9. The third kappa shape index (κ3) is 3.42. The van der Waals surface area contributed by atoms with Crippen molar-refractivity contribution in [2.24, 2.45) is 0 Å². The molecular formula is C15H19NS. The molecule has 90 valence electrons. The molecule has 0 aliphatic rings. The Hall–Kier alpha value is -1.12. The number of nitrogens with zero attached hydrogens (tertiary/aromatic N) is 1. The molecule has 0 atom stereocenters. The Morgan fingerprint density at radius 2 is 1.94 bits per heavy atom. The summed E-state index contributed by atoms with van der Waals surface area (Å²) in [7, 11) is 2.18. The van der Waals surface area contributed by atoms with Crippen molar-refractivity contribution in [3.63, 3.8) is 0 Å². The maximum absolute atomic E-state index is 2.37. The van der Waals surface area contributed by atoms with E-state index >= 15 is 0 Å². The molecule has 2 heteroatoms. The lowest BCUT2D eigenvalue weighted by Crippen LogP contribution is -2.17. The van der Waals surface area contributed by atoms with Crippen molar-refractivity contribution in [3.05, 3.63) is 57.3 Å². The maximum Gasteiger partial charge on any atom is 0.0331 e. The fourth-order valence-electron chi connectivity index (χ4n) is 1.99. The summed E-state index contributed by atoms with van der Waals surface area (Å²) >= 11 is 1.85. The summed E-state index contributed by atoms with van der Waals surface area (Å²) < 4.78 is 0. The monoisotopic (exact) mass is 245 g/mol. The predicted molar refractivity (Wildman–Crippen MR) is 75.4 cm³/mol. The number of rotatable bonds is 4. The van der Waals surface area contributed by atoms with E-state index in [2.05, 4.69) is 61.5 Å². The molecule has 0 fully saturated rings. The van der Waals surface area contributed by atoms with Crippen LogP contribution in [0.15, 0.2) is 35.7 Å². The number of hydrogen-bond donors (Lipinski definition) is 0. The predicted octanol–water partition coefficient (Wildman–Crippen LogP) is 4.00. The molecule has 0 saturated carbocycles.